The van der Waals surface area contributed by atoms with E-state index in [0.29, 0.717) is 16.1 Å². The highest BCUT2D eigenvalue weighted by molar-refractivity contribution is 8.00. The van der Waals surface area contributed by atoms with Crippen LogP contribution >= 0.6 is 23.4 Å². The van der Waals surface area contributed by atoms with Gasteiger partial charge < -0.3 is 5.73 Å². The molecule has 1 aromatic carbocycles. The maximum atomic E-state index is 5.97. The van der Waals surface area contributed by atoms with E-state index >= 15 is 0 Å². The van der Waals surface area contributed by atoms with Crippen LogP contribution in [0.1, 0.15) is 11.1 Å². The van der Waals surface area contributed by atoms with Crippen LogP contribution < -0.4 is 5.73 Å². The first-order valence-electron chi connectivity index (χ1n) is 5.87. The Bertz CT molecular complexity index is 561. The smallest absolute Gasteiger partial charge is 0.126 e. The predicted octanol–water partition coefficient (Wildman–Crippen LogP) is 3.58. The zero-order chi connectivity index (χ0) is 12.5. The summed E-state index contributed by atoms with van der Waals surface area (Å²) in [7, 11) is 0. The lowest BCUT2D eigenvalue weighted by Crippen LogP contribution is -2.08. The Labute approximate surface area is 116 Å². The third kappa shape index (κ3) is 2.33. The van der Waals surface area contributed by atoms with Gasteiger partial charge >= 0.3 is 0 Å². The van der Waals surface area contributed by atoms with Crippen LogP contribution in [-0.4, -0.2) is 10.2 Å². The second-order valence-electron chi connectivity index (χ2n) is 4.45. The van der Waals surface area contributed by atoms with Crippen LogP contribution in [0.15, 0.2) is 41.4 Å². The van der Waals surface area contributed by atoms with Gasteiger partial charge in [-0.2, -0.15) is 0 Å². The molecule has 92 valence electrons. The average molecular weight is 277 g/mol. The van der Waals surface area contributed by atoms with Gasteiger partial charge in [0.1, 0.15) is 5.82 Å². The number of aromatic nitrogens is 1. The van der Waals surface area contributed by atoms with Gasteiger partial charge in [-0.15, -0.1) is 11.8 Å². The molecule has 0 radical (unpaired) electrons. The van der Waals surface area contributed by atoms with Gasteiger partial charge in [0.05, 0.1) is 5.02 Å². The molecule has 1 aromatic heterocycles. The molecule has 3 rings (SSSR count). The quantitative estimate of drug-likeness (QED) is 0.911. The first kappa shape index (κ1) is 11.9. The van der Waals surface area contributed by atoms with Crippen LogP contribution in [0.25, 0.3) is 0 Å². The van der Waals surface area contributed by atoms with Crippen molar-refractivity contribution in [2.75, 3.05) is 5.73 Å². The molecule has 0 aliphatic carbocycles. The highest BCUT2D eigenvalue weighted by Gasteiger charge is 2.22. The van der Waals surface area contributed by atoms with E-state index in [4.69, 9.17) is 17.3 Å². The van der Waals surface area contributed by atoms with E-state index in [9.17, 15) is 0 Å². The maximum Gasteiger partial charge on any atom is 0.126 e. The van der Waals surface area contributed by atoms with E-state index in [2.05, 4.69) is 29.2 Å². The number of thioether (sulfide) groups is 1. The molecule has 2 N–H and O–H groups in total. The molecule has 0 fully saturated rings. The van der Waals surface area contributed by atoms with Crippen LogP contribution in [0.3, 0.4) is 0 Å². The van der Waals surface area contributed by atoms with E-state index in [1.807, 2.05) is 17.8 Å². The molecule has 1 aliphatic rings. The molecule has 2 heterocycles. The molecule has 18 heavy (non-hydrogen) atoms. The van der Waals surface area contributed by atoms with Crippen molar-refractivity contribution in [3.05, 3.63) is 52.7 Å². The molecule has 0 amide bonds. The summed E-state index contributed by atoms with van der Waals surface area (Å²) in [6.07, 6.45) is 3.60. The van der Waals surface area contributed by atoms with Gasteiger partial charge in [-0.25, -0.2) is 4.98 Å². The summed E-state index contributed by atoms with van der Waals surface area (Å²) >= 11 is 7.89. The van der Waals surface area contributed by atoms with Gasteiger partial charge in [0, 0.05) is 16.3 Å². The number of anilines is 1. The predicted molar refractivity (Wildman–Crippen MR) is 77.2 cm³/mol. The Morgan fingerprint density at radius 3 is 3.06 bits per heavy atom. The van der Waals surface area contributed by atoms with Gasteiger partial charge in [-0.1, -0.05) is 29.8 Å². The van der Waals surface area contributed by atoms with Crippen molar-refractivity contribution < 1.29 is 0 Å². The fraction of sp³-hybridized carbons (Fsp3) is 0.214. The van der Waals surface area contributed by atoms with Crippen LogP contribution in [0.4, 0.5) is 5.82 Å². The number of halogens is 1. The van der Waals surface area contributed by atoms with Gasteiger partial charge in [0.25, 0.3) is 0 Å². The highest BCUT2D eigenvalue weighted by atomic mass is 35.5. The van der Waals surface area contributed by atoms with Crippen LogP contribution in [0, 0.1) is 0 Å². The summed E-state index contributed by atoms with van der Waals surface area (Å²) in [6, 6.07) is 10.5. The van der Waals surface area contributed by atoms with Crippen molar-refractivity contribution in [2.24, 2.45) is 0 Å². The fourth-order valence-corrected chi connectivity index (χ4v) is 3.79. The van der Waals surface area contributed by atoms with Crippen LogP contribution in [0.5, 0.6) is 0 Å². The molecule has 2 nitrogen and oxygen atoms in total. The fourth-order valence-electron chi connectivity index (χ4n) is 2.27. The number of fused-ring (bicyclic) bond motifs is 1. The van der Waals surface area contributed by atoms with E-state index in [1.165, 1.54) is 10.5 Å². The van der Waals surface area contributed by atoms with Crippen LogP contribution in [0.2, 0.25) is 5.02 Å². The molecule has 0 saturated carbocycles. The van der Waals surface area contributed by atoms with Gasteiger partial charge in [0.15, 0.2) is 0 Å². The molecule has 1 unspecified atom stereocenters. The van der Waals surface area contributed by atoms with Crippen molar-refractivity contribution in [1.29, 1.82) is 0 Å². The third-order valence-corrected chi connectivity index (χ3v) is 4.66. The minimum atomic E-state index is 0.532. The molecule has 0 bridgehead atoms. The van der Waals surface area contributed by atoms with E-state index in [-0.39, 0.29) is 0 Å². The summed E-state index contributed by atoms with van der Waals surface area (Å²) in [4.78, 5) is 5.49. The van der Waals surface area contributed by atoms with E-state index in [0.717, 1.165) is 18.4 Å². The number of rotatable bonds is 2. The lowest BCUT2D eigenvalue weighted by atomic mass is 10.0. The largest absolute Gasteiger partial charge is 0.383 e. The summed E-state index contributed by atoms with van der Waals surface area (Å²) in [6.45, 7) is 0. The maximum absolute atomic E-state index is 5.97. The first-order valence-corrected chi connectivity index (χ1v) is 7.12. The molecular formula is C14H13ClN2S. The van der Waals surface area contributed by atoms with Crippen molar-refractivity contribution in [2.45, 2.75) is 23.0 Å². The molecule has 4 heteroatoms. The topological polar surface area (TPSA) is 38.9 Å². The summed E-state index contributed by atoms with van der Waals surface area (Å²) in [5.74, 6) is 0.593. The van der Waals surface area contributed by atoms with Gasteiger partial charge in [-0.3, -0.25) is 0 Å². The number of nitrogens with zero attached hydrogens (tertiary/aromatic N) is 1. The molecular weight excluding hydrogens is 264 g/mol. The second-order valence-corrected chi connectivity index (χ2v) is 6.23. The Hall–Kier alpha value is -1.19. The van der Waals surface area contributed by atoms with Crippen molar-refractivity contribution in [1.82, 2.24) is 4.98 Å². The van der Waals surface area contributed by atoms with E-state index < -0.39 is 0 Å². The lowest BCUT2D eigenvalue weighted by Gasteiger charge is -2.10. The highest BCUT2D eigenvalue weighted by Crippen LogP contribution is 2.38. The molecule has 1 atom stereocenters. The van der Waals surface area contributed by atoms with E-state index in [1.54, 1.807) is 6.20 Å². The zero-order valence-electron chi connectivity index (χ0n) is 9.77. The lowest BCUT2D eigenvalue weighted by molar-refractivity contribution is 0.855. The van der Waals surface area contributed by atoms with Crippen molar-refractivity contribution in [3.63, 3.8) is 0 Å². The van der Waals surface area contributed by atoms with Gasteiger partial charge in [-0.05, 0) is 36.1 Å². The number of hydrogen-bond donors (Lipinski definition) is 1. The van der Waals surface area contributed by atoms with Gasteiger partial charge in [0.2, 0.25) is 0 Å². The second kappa shape index (κ2) is 4.82. The molecule has 0 spiro atoms. The normalized spacial score (nSPS) is 17.7. The number of nitrogens with two attached hydrogens (primary N) is 1. The minimum absolute atomic E-state index is 0.532. The summed E-state index contributed by atoms with van der Waals surface area (Å²) in [5, 5.41) is 1.18. The molecule has 1 aliphatic heterocycles. The number of benzene rings is 1. The van der Waals surface area contributed by atoms with Crippen LogP contribution in [-0.2, 0) is 12.8 Å². The summed E-state index contributed by atoms with van der Waals surface area (Å²) in [5.41, 5.74) is 8.37. The Balaban J connectivity index is 1.78. The number of hydrogen-bond acceptors (Lipinski definition) is 3. The Morgan fingerprint density at radius 2 is 2.22 bits per heavy atom. The number of nitrogen functional groups attached to an aromatic ring is 1. The molecule has 2 aromatic rings. The average Bonchev–Trinajstić information content (AvgIpc) is 2.76. The third-order valence-electron chi connectivity index (χ3n) is 3.13. The summed E-state index contributed by atoms with van der Waals surface area (Å²) < 4.78 is 0. The number of pyridine rings is 1. The Morgan fingerprint density at radius 1 is 1.39 bits per heavy atom. The standard InChI is InChI=1S/C14H13ClN2S/c15-11-5-10(14(16)17-8-11)7-12-6-9-3-1-2-4-13(9)18-12/h1-5,8,12H,6-7H2,(H2,16,17). The first-order chi connectivity index (χ1) is 8.72. The van der Waals surface area contributed by atoms with Crippen molar-refractivity contribution >= 4 is 29.2 Å². The SMILES string of the molecule is Nc1ncc(Cl)cc1CC1Cc2ccccc2S1. The van der Waals surface area contributed by atoms with Crippen molar-refractivity contribution in [3.8, 4) is 0 Å². The molecule has 0 saturated heterocycles. The zero-order valence-corrected chi connectivity index (χ0v) is 11.3. The Kier molecular flexibility index (Phi) is 3.18. The monoisotopic (exact) mass is 276 g/mol. The minimum Gasteiger partial charge on any atom is -0.383 e.